The highest BCUT2D eigenvalue weighted by Gasteiger charge is 2.19. The van der Waals surface area contributed by atoms with Crippen LogP contribution in [-0.4, -0.2) is 35.4 Å². The minimum Gasteiger partial charge on any atom is -0.356 e. The monoisotopic (exact) mass is 461 g/mol. The van der Waals surface area contributed by atoms with Gasteiger partial charge in [-0.15, -0.1) is 24.0 Å². The van der Waals surface area contributed by atoms with Crippen LogP contribution in [0, 0.1) is 25.7 Å². The molecule has 5 nitrogen and oxygen atoms in total. The van der Waals surface area contributed by atoms with Crippen molar-refractivity contribution in [2.24, 2.45) is 23.9 Å². The topological polar surface area (TPSA) is 54.2 Å². The van der Waals surface area contributed by atoms with E-state index in [4.69, 9.17) is 0 Å². The van der Waals surface area contributed by atoms with Gasteiger partial charge >= 0.3 is 0 Å². The van der Waals surface area contributed by atoms with E-state index in [-0.39, 0.29) is 24.0 Å². The van der Waals surface area contributed by atoms with Gasteiger partial charge in [0.1, 0.15) is 0 Å². The largest absolute Gasteiger partial charge is 0.356 e. The van der Waals surface area contributed by atoms with E-state index in [1.165, 1.54) is 36.9 Å². The number of halogens is 1. The van der Waals surface area contributed by atoms with Crippen LogP contribution in [0.2, 0.25) is 0 Å². The Bertz CT molecular complexity index is 558. The van der Waals surface area contributed by atoms with Crippen LogP contribution >= 0.6 is 24.0 Å². The number of guanidine groups is 1. The Morgan fingerprint density at radius 3 is 2.44 bits per heavy atom. The van der Waals surface area contributed by atoms with Gasteiger partial charge in [-0.05, 0) is 57.4 Å². The van der Waals surface area contributed by atoms with Crippen molar-refractivity contribution in [3.63, 3.8) is 0 Å². The van der Waals surface area contributed by atoms with E-state index in [1.54, 1.807) is 0 Å². The fourth-order valence-corrected chi connectivity index (χ4v) is 3.67. The maximum Gasteiger partial charge on any atom is 0.191 e. The Morgan fingerprint density at radius 2 is 1.92 bits per heavy atom. The molecule has 1 aliphatic carbocycles. The fourth-order valence-electron chi connectivity index (χ4n) is 3.67. The van der Waals surface area contributed by atoms with E-state index >= 15 is 0 Å². The molecule has 0 saturated heterocycles. The van der Waals surface area contributed by atoms with Crippen LogP contribution in [0.15, 0.2) is 4.99 Å². The first-order valence-electron chi connectivity index (χ1n) is 9.37. The highest BCUT2D eigenvalue weighted by Crippen LogP contribution is 2.27. The minimum absolute atomic E-state index is 0. The molecule has 1 unspecified atom stereocenters. The Hall–Kier alpha value is -0.790. The van der Waals surface area contributed by atoms with Crippen LogP contribution in [0.4, 0.5) is 0 Å². The molecule has 0 bridgehead atoms. The van der Waals surface area contributed by atoms with E-state index in [9.17, 15) is 0 Å². The van der Waals surface area contributed by atoms with Gasteiger partial charge < -0.3 is 10.6 Å². The van der Waals surface area contributed by atoms with Gasteiger partial charge in [-0.2, -0.15) is 5.10 Å². The smallest absolute Gasteiger partial charge is 0.191 e. The molecule has 1 fully saturated rings. The lowest BCUT2D eigenvalue weighted by Gasteiger charge is -2.27. The molecule has 1 atom stereocenters. The number of hydrogen-bond acceptors (Lipinski definition) is 2. The molecule has 2 rings (SSSR count). The molecule has 1 aliphatic rings. The van der Waals surface area contributed by atoms with E-state index in [0.717, 1.165) is 36.5 Å². The summed E-state index contributed by atoms with van der Waals surface area (Å²) in [6, 6.07) is 0.323. The highest BCUT2D eigenvalue weighted by molar-refractivity contribution is 14.0. The number of aryl methyl sites for hydroxylation is 2. The molecule has 0 radical (unpaired) electrons. The summed E-state index contributed by atoms with van der Waals surface area (Å²) in [5, 5.41) is 11.6. The highest BCUT2D eigenvalue weighted by atomic mass is 127. The van der Waals surface area contributed by atoms with Crippen LogP contribution in [0.3, 0.4) is 0 Å². The third-order valence-electron chi connectivity index (χ3n) is 5.47. The average molecular weight is 461 g/mol. The molecule has 144 valence electrons. The first-order chi connectivity index (χ1) is 11.4. The molecule has 1 saturated carbocycles. The molecule has 0 aromatic carbocycles. The van der Waals surface area contributed by atoms with Gasteiger partial charge in [0.2, 0.25) is 0 Å². The Balaban J connectivity index is 0.00000312. The van der Waals surface area contributed by atoms with Gasteiger partial charge in [-0.3, -0.25) is 9.67 Å². The molecule has 0 amide bonds. The van der Waals surface area contributed by atoms with Gasteiger partial charge in [-0.25, -0.2) is 0 Å². The van der Waals surface area contributed by atoms with Crippen LogP contribution in [-0.2, 0) is 13.5 Å². The van der Waals surface area contributed by atoms with Crippen molar-refractivity contribution < 1.29 is 0 Å². The second-order valence-corrected chi connectivity index (χ2v) is 7.60. The van der Waals surface area contributed by atoms with Crippen molar-refractivity contribution in [3.05, 3.63) is 17.0 Å². The Kier molecular flexibility index (Phi) is 9.24. The van der Waals surface area contributed by atoms with Crippen molar-refractivity contribution in [2.75, 3.05) is 13.6 Å². The molecular formula is C19H36IN5. The summed E-state index contributed by atoms with van der Waals surface area (Å²) in [4.78, 5) is 4.39. The lowest BCUT2D eigenvalue weighted by molar-refractivity contribution is 0.289. The average Bonchev–Trinajstić information content (AvgIpc) is 2.79. The lowest BCUT2D eigenvalue weighted by Crippen LogP contribution is -2.45. The zero-order valence-corrected chi connectivity index (χ0v) is 19.1. The van der Waals surface area contributed by atoms with Gasteiger partial charge in [0.15, 0.2) is 5.96 Å². The lowest BCUT2D eigenvalue weighted by atomic mass is 9.83. The maximum absolute atomic E-state index is 4.51. The van der Waals surface area contributed by atoms with Crippen LogP contribution < -0.4 is 10.6 Å². The van der Waals surface area contributed by atoms with Gasteiger partial charge in [0.25, 0.3) is 0 Å². The summed E-state index contributed by atoms with van der Waals surface area (Å²) in [5.41, 5.74) is 3.72. The van der Waals surface area contributed by atoms with Crippen molar-refractivity contribution in [3.8, 4) is 0 Å². The zero-order chi connectivity index (χ0) is 17.7. The number of hydrogen-bond donors (Lipinski definition) is 2. The molecular weight excluding hydrogens is 425 g/mol. The van der Waals surface area contributed by atoms with Crippen molar-refractivity contribution in [1.82, 2.24) is 20.4 Å². The van der Waals surface area contributed by atoms with E-state index in [0.29, 0.717) is 6.04 Å². The number of aliphatic imine (C=N–C) groups is 1. The summed E-state index contributed by atoms with van der Waals surface area (Å²) >= 11 is 0. The maximum atomic E-state index is 4.51. The molecule has 25 heavy (non-hydrogen) atoms. The summed E-state index contributed by atoms with van der Waals surface area (Å²) in [6.45, 7) is 9.84. The molecule has 1 aromatic rings. The van der Waals surface area contributed by atoms with Crippen LogP contribution in [0.5, 0.6) is 0 Å². The van der Waals surface area contributed by atoms with Gasteiger partial charge in [0, 0.05) is 32.4 Å². The normalized spacial score (nSPS) is 22.2. The van der Waals surface area contributed by atoms with E-state index in [1.807, 2.05) is 18.8 Å². The number of rotatable bonds is 5. The predicted molar refractivity (Wildman–Crippen MR) is 117 cm³/mol. The molecule has 0 spiro atoms. The van der Waals surface area contributed by atoms with Crippen LogP contribution in [0.25, 0.3) is 0 Å². The first kappa shape index (κ1) is 22.3. The van der Waals surface area contributed by atoms with Crippen molar-refractivity contribution >= 4 is 29.9 Å². The van der Waals surface area contributed by atoms with Crippen molar-refractivity contribution in [1.29, 1.82) is 0 Å². The fraction of sp³-hybridized carbons (Fsp3) is 0.789. The third-order valence-corrected chi connectivity index (χ3v) is 5.47. The van der Waals surface area contributed by atoms with E-state index < -0.39 is 0 Å². The number of aromatic nitrogens is 2. The van der Waals surface area contributed by atoms with Gasteiger partial charge in [0.05, 0.1) is 5.69 Å². The summed E-state index contributed by atoms with van der Waals surface area (Å²) in [5.74, 6) is 2.61. The zero-order valence-electron chi connectivity index (χ0n) is 16.7. The minimum atomic E-state index is 0. The number of nitrogens with one attached hydrogen (secondary N) is 2. The molecule has 1 aromatic heterocycles. The molecule has 0 aliphatic heterocycles. The Morgan fingerprint density at radius 1 is 1.28 bits per heavy atom. The number of nitrogens with zero attached hydrogens (tertiary/aromatic N) is 3. The van der Waals surface area contributed by atoms with Crippen molar-refractivity contribution in [2.45, 2.75) is 65.8 Å². The predicted octanol–water partition coefficient (Wildman–Crippen LogP) is 3.58. The Labute approximate surface area is 170 Å². The van der Waals surface area contributed by atoms with Gasteiger partial charge in [-0.1, -0.05) is 19.8 Å². The third kappa shape index (κ3) is 6.46. The second kappa shape index (κ2) is 10.4. The summed E-state index contributed by atoms with van der Waals surface area (Å²) in [6.07, 6.45) is 6.39. The quantitative estimate of drug-likeness (QED) is 0.401. The summed E-state index contributed by atoms with van der Waals surface area (Å²) in [7, 11) is 3.86. The molecule has 2 N–H and O–H groups in total. The first-order valence-corrected chi connectivity index (χ1v) is 9.37. The molecule has 1 heterocycles. The molecule has 6 heteroatoms. The summed E-state index contributed by atoms with van der Waals surface area (Å²) < 4.78 is 1.97. The SMILES string of the molecule is CN=C(NCC1CCC(C)CC1)NC(C)Cc1c(C)nn(C)c1C.I. The van der Waals surface area contributed by atoms with Crippen LogP contribution in [0.1, 0.15) is 56.5 Å². The van der Waals surface area contributed by atoms with E-state index in [2.05, 4.69) is 48.4 Å². The standard InChI is InChI=1S/C19H35N5.HI/c1-13-7-9-17(10-8-13)12-21-19(20-5)22-14(2)11-18-15(3)23-24(6)16(18)4;/h13-14,17H,7-12H2,1-6H3,(H2,20,21,22);1H. The second-order valence-electron chi connectivity index (χ2n) is 7.60.